The first-order valence-electron chi connectivity index (χ1n) is 8.58. The van der Waals surface area contributed by atoms with Gasteiger partial charge in [-0.05, 0) is 48.5 Å². The molecule has 0 aliphatic rings. The van der Waals surface area contributed by atoms with Crippen LogP contribution >= 0.6 is 35.4 Å². The lowest BCUT2D eigenvalue weighted by molar-refractivity contribution is 0.490. The van der Waals surface area contributed by atoms with Crippen molar-refractivity contribution >= 4 is 35.4 Å². The summed E-state index contributed by atoms with van der Waals surface area (Å²) >= 11 is 8.88. The average molecular weight is 444 g/mol. The number of rotatable bonds is 6. The van der Waals surface area contributed by atoms with Crippen LogP contribution in [0.1, 0.15) is 0 Å². The van der Waals surface area contributed by atoms with Crippen LogP contribution in [0.15, 0.2) is 87.7 Å². The lowest BCUT2D eigenvalue weighted by Crippen LogP contribution is -1.98. The lowest BCUT2D eigenvalue weighted by atomic mass is 10.2. The maximum Gasteiger partial charge on any atom is 0.153 e. The summed E-state index contributed by atoms with van der Waals surface area (Å²) in [7, 11) is 1.64. The molecule has 0 saturated carbocycles. The van der Waals surface area contributed by atoms with Crippen molar-refractivity contribution in [2.24, 2.45) is 0 Å². The van der Waals surface area contributed by atoms with Gasteiger partial charge >= 0.3 is 0 Å². The van der Waals surface area contributed by atoms with Crippen LogP contribution in [0.2, 0.25) is 5.02 Å². The summed E-state index contributed by atoms with van der Waals surface area (Å²) in [5, 5.41) is 5.40. The van der Waals surface area contributed by atoms with Gasteiger partial charge in [-0.2, -0.15) is 5.10 Å². The van der Waals surface area contributed by atoms with Gasteiger partial charge in [0, 0.05) is 38.6 Å². The van der Waals surface area contributed by atoms with Crippen molar-refractivity contribution in [1.82, 2.24) is 14.8 Å². The fourth-order valence-electron chi connectivity index (χ4n) is 2.65. The molecule has 0 amide bonds. The van der Waals surface area contributed by atoms with Gasteiger partial charge in [0.1, 0.15) is 11.5 Å². The van der Waals surface area contributed by atoms with Crippen LogP contribution in [0.25, 0.3) is 17.1 Å². The monoisotopic (exact) mass is 443 g/mol. The lowest BCUT2D eigenvalue weighted by Gasteiger charge is -2.04. The van der Waals surface area contributed by atoms with Crippen LogP contribution in [0, 0.1) is 5.82 Å². The highest BCUT2D eigenvalue weighted by atomic mass is 35.5. The summed E-state index contributed by atoms with van der Waals surface area (Å²) in [4.78, 5) is 7.12. The Morgan fingerprint density at radius 3 is 2.34 bits per heavy atom. The van der Waals surface area contributed by atoms with Crippen LogP contribution in [0.4, 0.5) is 4.39 Å². The predicted molar refractivity (Wildman–Crippen MR) is 115 cm³/mol. The quantitative estimate of drug-likeness (QED) is 0.317. The molecule has 2 heterocycles. The summed E-state index contributed by atoms with van der Waals surface area (Å²) in [6, 6.07) is 18.6. The third-order valence-electron chi connectivity index (χ3n) is 3.98. The average Bonchev–Trinajstić information content (AvgIpc) is 3.15. The van der Waals surface area contributed by atoms with Crippen molar-refractivity contribution in [3.05, 3.63) is 83.9 Å². The highest BCUT2D eigenvalue weighted by Gasteiger charge is 2.15. The maximum atomic E-state index is 13.3. The Bertz CT molecular complexity index is 1100. The molecule has 0 unspecified atom stereocenters. The molecule has 29 heavy (non-hydrogen) atoms. The first-order chi connectivity index (χ1) is 14.1. The summed E-state index contributed by atoms with van der Waals surface area (Å²) in [6.45, 7) is 0. The zero-order valence-electron chi connectivity index (χ0n) is 15.3. The highest BCUT2D eigenvalue weighted by Crippen LogP contribution is 2.37. The Morgan fingerprint density at radius 2 is 1.69 bits per heavy atom. The minimum atomic E-state index is -0.386. The molecule has 0 saturated heterocycles. The van der Waals surface area contributed by atoms with Crippen LogP contribution in [-0.4, -0.2) is 21.9 Å². The van der Waals surface area contributed by atoms with Crippen LogP contribution in [0.3, 0.4) is 0 Å². The number of aromatic nitrogens is 3. The Hall–Kier alpha value is -2.32. The van der Waals surface area contributed by atoms with E-state index in [2.05, 4.69) is 4.98 Å². The standard InChI is InChI=1S/C21H15ClFN3OS2/c1-27-29-18-7-2-14(3-8-18)21-19(28-17-9-4-15(22)5-10-17)13-26(25-21)20-11-6-16(23)12-24-20/h2-13H,1H3. The van der Waals surface area contributed by atoms with Gasteiger partial charge < -0.3 is 4.18 Å². The third-order valence-corrected chi connectivity index (χ3v) is 5.89. The minimum absolute atomic E-state index is 0.386. The molecule has 0 N–H and O–H groups in total. The van der Waals surface area contributed by atoms with Gasteiger partial charge in [0.25, 0.3) is 0 Å². The van der Waals surface area contributed by atoms with E-state index in [-0.39, 0.29) is 5.82 Å². The Balaban J connectivity index is 1.74. The van der Waals surface area contributed by atoms with Crippen molar-refractivity contribution in [1.29, 1.82) is 0 Å². The fraction of sp³-hybridized carbons (Fsp3) is 0.0476. The molecule has 0 bridgehead atoms. The smallest absolute Gasteiger partial charge is 0.153 e. The van der Waals surface area contributed by atoms with Crippen molar-refractivity contribution in [3.8, 4) is 17.1 Å². The van der Waals surface area contributed by atoms with Crippen molar-refractivity contribution in [2.75, 3.05) is 7.11 Å². The van der Waals surface area contributed by atoms with Gasteiger partial charge in [-0.3, -0.25) is 0 Å². The van der Waals surface area contributed by atoms with Crippen molar-refractivity contribution in [2.45, 2.75) is 14.7 Å². The van der Waals surface area contributed by atoms with Gasteiger partial charge in [-0.1, -0.05) is 35.5 Å². The topological polar surface area (TPSA) is 39.9 Å². The van der Waals surface area contributed by atoms with Gasteiger partial charge in [0.15, 0.2) is 5.82 Å². The summed E-state index contributed by atoms with van der Waals surface area (Å²) in [6.07, 6.45) is 3.08. The van der Waals surface area contributed by atoms with Crippen molar-refractivity contribution in [3.63, 3.8) is 0 Å². The second-order valence-corrected chi connectivity index (χ2v) is 8.47. The van der Waals surface area contributed by atoms with Gasteiger partial charge in [0.05, 0.1) is 18.2 Å². The normalized spacial score (nSPS) is 11.0. The SMILES string of the molecule is COSc1ccc(-c2nn(-c3ccc(F)cn3)cc2Sc2ccc(Cl)cc2)cc1. The summed E-state index contributed by atoms with van der Waals surface area (Å²) in [5.74, 6) is 0.158. The van der Waals surface area contributed by atoms with E-state index in [0.717, 1.165) is 25.9 Å². The molecule has 0 fully saturated rings. The summed E-state index contributed by atoms with van der Waals surface area (Å²) < 4.78 is 20.0. The zero-order chi connectivity index (χ0) is 20.2. The third kappa shape index (κ3) is 4.82. The molecule has 2 aromatic heterocycles. The van der Waals surface area contributed by atoms with Gasteiger partial charge in [0.2, 0.25) is 0 Å². The zero-order valence-corrected chi connectivity index (χ0v) is 17.6. The maximum absolute atomic E-state index is 13.3. The van der Waals surface area contributed by atoms with E-state index in [1.807, 2.05) is 54.7 Å². The van der Waals surface area contributed by atoms with E-state index in [1.165, 1.54) is 24.3 Å². The van der Waals surface area contributed by atoms with Crippen LogP contribution in [0.5, 0.6) is 0 Å². The Labute approximate surface area is 181 Å². The van der Waals surface area contributed by atoms with Crippen molar-refractivity contribution < 1.29 is 8.57 Å². The minimum Gasteiger partial charge on any atom is -0.314 e. The number of benzene rings is 2. The number of hydrogen-bond donors (Lipinski definition) is 0. The number of halogens is 2. The van der Waals surface area contributed by atoms with E-state index in [1.54, 1.807) is 29.6 Å². The first kappa shape index (κ1) is 20.0. The molecule has 0 atom stereocenters. The Kier molecular flexibility index (Phi) is 6.20. The molecule has 4 rings (SSSR count). The predicted octanol–water partition coefficient (Wildman–Crippen LogP) is 6.53. The molecular formula is C21H15ClFN3OS2. The van der Waals surface area contributed by atoms with E-state index in [0.29, 0.717) is 10.8 Å². The largest absolute Gasteiger partial charge is 0.314 e. The van der Waals surface area contributed by atoms with E-state index in [4.69, 9.17) is 20.9 Å². The molecular weight excluding hydrogens is 429 g/mol. The van der Waals surface area contributed by atoms with Gasteiger partial charge in [-0.15, -0.1) is 0 Å². The summed E-state index contributed by atoms with van der Waals surface area (Å²) in [5.41, 5.74) is 1.77. The molecule has 2 aromatic carbocycles. The molecule has 8 heteroatoms. The van der Waals surface area contributed by atoms with E-state index < -0.39 is 0 Å². The van der Waals surface area contributed by atoms with E-state index >= 15 is 0 Å². The van der Waals surface area contributed by atoms with Crippen LogP contribution < -0.4 is 0 Å². The molecule has 0 spiro atoms. The molecule has 4 aromatic rings. The molecule has 0 aliphatic heterocycles. The molecule has 4 nitrogen and oxygen atoms in total. The van der Waals surface area contributed by atoms with Gasteiger partial charge in [-0.25, -0.2) is 14.1 Å². The number of nitrogens with zero attached hydrogens (tertiary/aromatic N) is 3. The molecule has 0 radical (unpaired) electrons. The first-order valence-corrected chi connectivity index (χ1v) is 10.5. The second-order valence-electron chi connectivity index (χ2n) is 5.95. The molecule has 0 aliphatic carbocycles. The number of hydrogen-bond acceptors (Lipinski definition) is 5. The second kappa shape index (κ2) is 9.00. The Morgan fingerprint density at radius 1 is 0.966 bits per heavy atom. The van der Waals surface area contributed by atoms with Crippen LogP contribution in [-0.2, 0) is 4.18 Å². The molecule has 146 valence electrons. The van der Waals surface area contributed by atoms with E-state index in [9.17, 15) is 4.39 Å². The highest BCUT2D eigenvalue weighted by molar-refractivity contribution is 7.99. The fourth-order valence-corrected chi connectivity index (χ4v) is 4.15. The number of pyridine rings is 1.